The van der Waals surface area contributed by atoms with Gasteiger partial charge in [-0.15, -0.1) is 11.8 Å². The van der Waals surface area contributed by atoms with Crippen LogP contribution in [0.3, 0.4) is 0 Å². The van der Waals surface area contributed by atoms with Crippen molar-refractivity contribution < 1.29 is 0 Å². The highest BCUT2D eigenvalue weighted by atomic mass is 32.2. The highest BCUT2D eigenvalue weighted by Gasteiger charge is 1.96. The fraction of sp³-hybridized carbons (Fsp3) is 0.462. The van der Waals surface area contributed by atoms with Gasteiger partial charge in [0.1, 0.15) is 0 Å². The van der Waals surface area contributed by atoms with E-state index in [0.29, 0.717) is 11.7 Å². The molecule has 0 aliphatic rings. The Labute approximate surface area is 102 Å². The van der Waals surface area contributed by atoms with E-state index >= 15 is 0 Å². The molecule has 1 rings (SSSR count). The molecule has 0 aliphatic carbocycles. The van der Waals surface area contributed by atoms with Crippen molar-refractivity contribution in [2.24, 2.45) is 5.92 Å². The summed E-state index contributed by atoms with van der Waals surface area (Å²) < 4.78 is 0. The Morgan fingerprint density at radius 1 is 1.31 bits per heavy atom. The quantitative estimate of drug-likeness (QED) is 0.768. The van der Waals surface area contributed by atoms with Gasteiger partial charge >= 0.3 is 0 Å². The SMILES string of the molecule is CC(C)CNCc1ccc(SCC#N)cc1. The fourth-order valence-electron chi connectivity index (χ4n) is 1.32. The summed E-state index contributed by atoms with van der Waals surface area (Å²) in [6.45, 7) is 6.37. The van der Waals surface area contributed by atoms with Gasteiger partial charge in [-0.2, -0.15) is 5.26 Å². The lowest BCUT2D eigenvalue weighted by atomic mass is 10.2. The van der Waals surface area contributed by atoms with Crippen LogP contribution in [0.4, 0.5) is 0 Å². The van der Waals surface area contributed by atoms with Crippen LogP contribution >= 0.6 is 11.8 Å². The molecule has 2 nitrogen and oxygen atoms in total. The van der Waals surface area contributed by atoms with Gasteiger partial charge in [-0.05, 0) is 30.2 Å². The average molecular weight is 234 g/mol. The summed E-state index contributed by atoms with van der Waals surface area (Å²) in [6, 6.07) is 10.5. The second-order valence-corrected chi connectivity index (χ2v) is 5.16. The summed E-state index contributed by atoms with van der Waals surface area (Å²) in [5, 5.41) is 11.9. The van der Waals surface area contributed by atoms with Crippen molar-refractivity contribution in [1.82, 2.24) is 5.32 Å². The first-order chi connectivity index (χ1) is 7.72. The molecule has 0 atom stereocenters. The Morgan fingerprint density at radius 3 is 2.56 bits per heavy atom. The minimum absolute atomic E-state index is 0.519. The second-order valence-electron chi connectivity index (χ2n) is 4.12. The molecule has 0 aromatic heterocycles. The van der Waals surface area contributed by atoms with Crippen molar-refractivity contribution in [3.63, 3.8) is 0 Å². The van der Waals surface area contributed by atoms with Crippen molar-refractivity contribution in [2.45, 2.75) is 25.3 Å². The van der Waals surface area contributed by atoms with Gasteiger partial charge < -0.3 is 5.32 Å². The maximum atomic E-state index is 8.47. The first kappa shape index (κ1) is 13.1. The third-order valence-corrected chi connectivity index (χ3v) is 2.99. The van der Waals surface area contributed by atoms with Crippen molar-refractivity contribution in [3.8, 4) is 6.07 Å². The van der Waals surface area contributed by atoms with Crippen LogP contribution < -0.4 is 5.32 Å². The summed E-state index contributed by atoms with van der Waals surface area (Å²) in [6.07, 6.45) is 0. The zero-order valence-electron chi connectivity index (χ0n) is 9.86. The van der Waals surface area contributed by atoms with Crippen molar-refractivity contribution in [3.05, 3.63) is 29.8 Å². The highest BCUT2D eigenvalue weighted by Crippen LogP contribution is 2.17. The van der Waals surface area contributed by atoms with Gasteiger partial charge in [-0.1, -0.05) is 26.0 Å². The Morgan fingerprint density at radius 2 is 2.00 bits per heavy atom. The molecule has 0 saturated carbocycles. The van der Waals surface area contributed by atoms with Crippen molar-refractivity contribution in [1.29, 1.82) is 5.26 Å². The highest BCUT2D eigenvalue weighted by molar-refractivity contribution is 7.99. The van der Waals surface area contributed by atoms with Crippen LogP contribution in [-0.2, 0) is 6.54 Å². The second kappa shape index (κ2) is 7.32. The number of nitrogens with zero attached hydrogens (tertiary/aromatic N) is 1. The summed E-state index contributed by atoms with van der Waals surface area (Å²) in [5.41, 5.74) is 1.29. The van der Waals surface area contributed by atoms with E-state index in [0.717, 1.165) is 18.0 Å². The average Bonchev–Trinajstić information content (AvgIpc) is 2.27. The van der Waals surface area contributed by atoms with Crippen LogP contribution in [0, 0.1) is 17.2 Å². The Hall–Kier alpha value is -0.980. The third kappa shape index (κ3) is 5.20. The van der Waals surface area contributed by atoms with E-state index in [9.17, 15) is 0 Å². The van der Waals surface area contributed by atoms with Gasteiger partial charge in [0.15, 0.2) is 0 Å². The molecule has 0 aliphatic heterocycles. The fourth-order valence-corrected chi connectivity index (χ4v) is 1.88. The Balaban J connectivity index is 2.36. The van der Waals surface area contributed by atoms with Crippen molar-refractivity contribution in [2.75, 3.05) is 12.3 Å². The number of rotatable bonds is 6. The number of nitrogens with one attached hydrogen (secondary N) is 1. The normalized spacial score (nSPS) is 10.4. The predicted molar refractivity (Wildman–Crippen MR) is 69.3 cm³/mol. The van der Waals surface area contributed by atoms with Crippen LogP contribution in [0.15, 0.2) is 29.2 Å². The van der Waals surface area contributed by atoms with Gasteiger partial charge in [-0.3, -0.25) is 0 Å². The number of thioether (sulfide) groups is 1. The first-order valence-corrected chi connectivity index (χ1v) is 6.50. The van der Waals surface area contributed by atoms with Crippen molar-refractivity contribution >= 4 is 11.8 Å². The van der Waals surface area contributed by atoms with Gasteiger partial charge in [-0.25, -0.2) is 0 Å². The first-order valence-electron chi connectivity index (χ1n) is 5.51. The number of hydrogen-bond donors (Lipinski definition) is 1. The lowest BCUT2D eigenvalue weighted by Gasteiger charge is -2.07. The summed E-state index contributed by atoms with van der Waals surface area (Å²) >= 11 is 1.58. The molecular weight excluding hydrogens is 216 g/mol. The largest absolute Gasteiger partial charge is 0.312 e. The number of benzene rings is 1. The molecule has 0 heterocycles. The molecule has 16 heavy (non-hydrogen) atoms. The molecule has 0 amide bonds. The van der Waals surface area contributed by atoms with Gasteiger partial charge in [0.2, 0.25) is 0 Å². The van der Waals surface area contributed by atoms with Crippen LogP contribution in [0.2, 0.25) is 0 Å². The molecule has 0 bridgehead atoms. The summed E-state index contributed by atoms with van der Waals surface area (Å²) in [5.74, 6) is 1.20. The lowest BCUT2D eigenvalue weighted by molar-refractivity contribution is 0.552. The molecule has 1 aromatic rings. The Kier molecular flexibility index (Phi) is 5.99. The molecule has 3 heteroatoms. The molecule has 0 spiro atoms. The topological polar surface area (TPSA) is 35.8 Å². The zero-order valence-corrected chi connectivity index (χ0v) is 10.7. The molecule has 0 radical (unpaired) electrons. The van der Waals surface area contributed by atoms with Crippen LogP contribution in [0.5, 0.6) is 0 Å². The minimum Gasteiger partial charge on any atom is -0.312 e. The number of hydrogen-bond acceptors (Lipinski definition) is 3. The van der Waals surface area contributed by atoms with E-state index in [-0.39, 0.29) is 0 Å². The molecule has 0 unspecified atom stereocenters. The monoisotopic (exact) mass is 234 g/mol. The summed E-state index contributed by atoms with van der Waals surface area (Å²) in [7, 11) is 0. The standard InChI is InChI=1S/C13H18N2S/c1-11(2)9-15-10-12-3-5-13(6-4-12)16-8-7-14/h3-6,11,15H,8-10H2,1-2H3. The van der Waals surface area contributed by atoms with E-state index in [1.807, 2.05) is 0 Å². The predicted octanol–water partition coefficient (Wildman–Crippen LogP) is 3.05. The Bertz CT molecular complexity index is 338. The number of nitriles is 1. The molecular formula is C13H18N2S. The van der Waals surface area contributed by atoms with Gasteiger partial charge in [0.25, 0.3) is 0 Å². The van der Waals surface area contributed by atoms with Crippen LogP contribution in [-0.4, -0.2) is 12.3 Å². The van der Waals surface area contributed by atoms with Gasteiger partial charge in [0.05, 0.1) is 11.8 Å². The van der Waals surface area contributed by atoms with E-state index in [2.05, 4.69) is 49.5 Å². The minimum atomic E-state index is 0.519. The third-order valence-electron chi connectivity index (χ3n) is 2.11. The maximum Gasteiger partial charge on any atom is 0.0855 e. The zero-order chi connectivity index (χ0) is 11.8. The molecule has 1 aromatic carbocycles. The van der Waals surface area contributed by atoms with E-state index in [4.69, 9.17) is 5.26 Å². The van der Waals surface area contributed by atoms with Crippen LogP contribution in [0.25, 0.3) is 0 Å². The maximum absolute atomic E-state index is 8.47. The van der Waals surface area contributed by atoms with E-state index in [1.54, 1.807) is 11.8 Å². The molecule has 86 valence electrons. The van der Waals surface area contributed by atoms with E-state index < -0.39 is 0 Å². The molecule has 0 fully saturated rings. The molecule has 0 saturated heterocycles. The molecule has 1 N–H and O–H groups in total. The van der Waals surface area contributed by atoms with E-state index in [1.165, 1.54) is 5.56 Å². The lowest BCUT2D eigenvalue weighted by Crippen LogP contribution is -2.18. The van der Waals surface area contributed by atoms with Crippen LogP contribution in [0.1, 0.15) is 19.4 Å². The summed E-state index contributed by atoms with van der Waals surface area (Å²) in [4.78, 5) is 1.16. The van der Waals surface area contributed by atoms with Gasteiger partial charge in [0, 0.05) is 11.4 Å². The smallest absolute Gasteiger partial charge is 0.0855 e.